The SMILES string of the molecule is CN1CCNC(c2csc(-c3ccccc3Br)n2)C1. The van der Waals surface area contributed by atoms with Crippen molar-refractivity contribution in [1.82, 2.24) is 15.2 Å². The predicted molar refractivity (Wildman–Crippen MR) is 83.5 cm³/mol. The van der Waals surface area contributed by atoms with Crippen molar-refractivity contribution in [2.24, 2.45) is 0 Å². The molecule has 0 bridgehead atoms. The van der Waals surface area contributed by atoms with Gasteiger partial charge in [0, 0.05) is 35.1 Å². The third-order valence-corrected chi connectivity index (χ3v) is 4.95. The normalized spacial score (nSPS) is 20.6. The fourth-order valence-corrected chi connectivity index (χ4v) is 3.82. The second kappa shape index (κ2) is 5.71. The molecule has 2 heterocycles. The van der Waals surface area contributed by atoms with Crippen molar-refractivity contribution in [3.8, 4) is 10.6 Å². The maximum atomic E-state index is 4.80. The zero-order valence-electron chi connectivity index (χ0n) is 10.8. The summed E-state index contributed by atoms with van der Waals surface area (Å²) in [6, 6.07) is 8.59. The predicted octanol–water partition coefficient (Wildman–Crippen LogP) is 3.15. The van der Waals surface area contributed by atoms with Crippen LogP contribution in [0.15, 0.2) is 34.1 Å². The smallest absolute Gasteiger partial charge is 0.124 e. The summed E-state index contributed by atoms with van der Waals surface area (Å²) in [4.78, 5) is 7.14. The highest BCUT2D eigenvalue weighted by Gasteiger charge is 2.21. The lowest BCUT2D eigenvalue weighted by atomic mass is 10.1. The molecule has 0 spiro atoms. The number of thiazole rings is 1. The minimum absolute atomic E-state index is 0.353. The Morgan fingerprint density at radius 2 is 2.26 bits per heavy atom. The quantitative estimate of drug-likeness (QED) is 0.912. The van der Waals surface area contributed by atoms with Gasteiger partial charge in [-0.25, -0.2) is 4.98 Å². The van der Waals surface area contributed by atoms with Crippen LogP contribution in [-0.4, -0.2) is 36.6 Å². The van der Waals surface area contributed by atoms with Gasteiger partial charge >= 0.3 is 0 Å². The van der Waals surface area contributed by atoms with E-state index in [1.54, 1.807) is 11.3 Å². The highest BCUT2D eigenvalue weighted by atomic mass is 79.9. The number of aromatic nitrogens is 1. The number of nitrogens with zero attached hydrogens (tertiary/aromatic N) is 2. The molecule has 19 heavy (non-hydrogen) atoms. The van der Waals surface area contributed by atoms with Crippen molar-refractivity contribution in [2.75, 3.05) is 26.7 Å². The van der Waals surface area contributed by atoms with Gasteiger partial charge in [-0.05, 0) is 13.1 Å². The Balaban J connectivity index is 1.85. The molecule has 1 N–H and O–H groups in total. The number of likely N-dealkylation sites (N-methyl/N-ethyl adjacent to an activating group) is 1. The van der Waals surface area contributed by atoms with Gasteiger partial charge in [0.1, 0.15) is 5.01 Å². The first kappa shape index (κ1) is 13.2. The molecule has 3 rings (SSSR count). The molecule has 5 heteroatoms. The second-order valence-corrected chi connectivity index (χ2v) is 6.54. The van der Waals surface area contributed by atoms with Crippen LogP contribution in [0.5, 0.6) is 0 Å². The number of rotatable bonds is 2. The van der Waals surface area contributed by atoms with Crippen molar-refractivity contribution in [3.05, 3.63) is 39.8 Å². The molecular weight excluding hydrogens is 322 g/mol. The average molecular weight is 338 g/mol. The number of halogens is 1. The van der Waals surface area contributed by atoms with Gasteiger partial charge in [-0.2, -0.15) is 0 Å². The summed E-state index contributed by atoms with van der Waals surface area (Å²) in [7, 11) is 2.16. The van der Waals surface area contributed by atoms with Gasteiger partial charge in [0.25, 0.3) is 0 Å². The number of hydrogen-bond donors (Lipinski definition) is 1. The standard InChI is InChI=1S/C14H16BrN3S/c1-18-7-6-16-12(8-18)13-9-19-14(17-13)10-4-2-3-5-11(10)15/h2-5,9,12,16H,6-8H2,1H3. The van der Waals surface area contributed by atoms with E-state index in [0.29, 0.717) is 6.04 Å². The van der Waals surface area contributed by atoms with Gasteiger partial charge < -0.3 is 10.2 Å². The molecule has 0 saturated carbocycles. The maximum absolute atomic E-state index is 4.80. The summed E-state index contributed by atoms with van der Waals surface area (Å²) in [5, 5.41) is 6.79. The topological polar surface area (TPSA) is 28.2 Å². The van der Waals surface area contributed by atoms with E-state index < -0.39 is 0 Å². The molecule has 1 saturated heterocycles. The summed E-state index contributed by atoms with van der Waals surface area (Å²) in [6.45, 7) is 3.17. The summed E-state index contributed by atoms with van der Waals surface area (Å²) < 4.78 is 1.10. The summed E-state index contributed by atoms with van der Waals surface area (Å²) >= 11 is 5.30. The van der Waals surface area contributed by atoms with Crippen molar-refractivity contribution < 1.29 is 0 Å². The van der Waals surface area contributed by atoms with Gasteiger partial charge in [-0.1, -0.05) is 34.1 Å². The Morgan fingerprint density at radius 3 is 3.05 bits per heavy atom. The van der Waals surface area contributed by atoms with Crippen LogP contribution in [-0.2, 0) is 0 Å². The zero-order valence-corrected chi connectivity index (χ0v) is 13.2. The van der Waals surface area contributed by atoms with Crippen LogP contribution >= 0.6 is 27.3 Å². The minimum Gasteiger partial charge on any atom is -0.306 e. The van der Waals surface area contributed by atoms with Gasteiger partial charge in [-0.15, -0.1) is 11.3 Å². The van der Waals surface area contributed by atoms with Gasteiger partial charge in [0.2, 0.25) is 0 Å². The van der Waals surface area contributed by atoms with E-state index in [1.807, 2.05) is 12.1 Å². The van der Waals surface area contributed by atoms with E-state index in [2.05, 4.69) is 50.7 Å². The first-order valence-electron chi connectivity index (χ1n) is 6.36. The van der Waals surface area contributed by atoms with E-state index in [1.165, 1.54) is 5.56 Å². The van der Waals surface area contributed by atoms with Crippen LogP contribution in [0.3, 0.4) is 0 Å². The lowest BCUT2D eigenvalue weighted by Crippen LogP contribution is -2.43. The van der Waals surface area contributed by atoms with Gasteiger partial charge in [0.15, 0.2) is 0 Å². The number of piperazine rings is 1. The lowest BCUT2D eigenvalue weighted by molar-refractivity contribution is 0.238. The molecule has 1 aromatic carbocycles. The van der Waals surface area contributed by atoms with Crippen molar-refractivity contribution >= 4 is 27.3 Å². The molecule has 0 amide bonds. The van der Waals surface area contributed by atoms with Crippen LogP contribution in [0.4, 0.5) is 0 Å². The first-order chi connectivity index (χ1) is 9.24. The van der Waals surface area contributed by atoms with Gasteiger partial charge in [0.05, 0.1) is 11.7 Å². The molecule has 1 aromatic heterocycles. The van der Waals surface area contributed by atoms with Gasteiger partial charge in [-0.3, -0.25) is 0 Å². The number of benzene rings is 1. The van der Waals surface area contributed by atoms with E-state index in [4.69, 9.17) is 4.98 Å². The van der Waals surface area contributed by atoms with Crippen LogP contribution in [0.2, 0.25) is 0 Å². The van der Waals surface area contributed by atoms with Crippen molar-refractivity contribution in [2.45, 2.75) is 6.04 Å². The first-order valence-corrected chi connectivity index (χ1v) is 8.03. The molecule has 0 radical (unpaired) electrons. The Bertz CT molecular complexity index is 569. The van der Waals surface area contributed by atoms with E-state index in [9.17, 15) is 0 Å². The molecule has 0 aliphatic carbocycles. The molecule has 3 nitrogen and oxygen atoms in total. The third-order valence-electron chi connectivity index (χ3n) is 3.36. The third kappa shape index (κ3) is 2.89. The molecule has 2 aromatic rings. The van der Waals surface area contributed by atoms with Crippen molar-refractivity contribution in [3.63, 3.8) is 0 Å². The van der Waals surface area contributed by atoms with Crippen LogP contribution < -0.4 is 5.32 Å². The molecule has 1 aliphatic heterocycles. The zero-order chi connectivity index (χ0) is 13.2. The Labute approximate surface area is 125 Å². The summed E-state index contributed by atoms with van der Waals surface area (Å²) in [5.41, 5.74) is 2.32. The summed E-state index contributed by atoms with van der Waals surface area (Å²) in [5.74, 6) is 0. The lowest BCUT2D eigenvalue weighted by Gasteiger charge is -2.29. The summed E-state index contributed by atoms with van der Waals surface area (Å²) in [6.07, 6.45) is 0. The number of hydrogen-bond acceptors (Lipinski definition) is 4. The second-order valence-electron chi connectivity index (χ2n) is 4.83. The largest absolute Gasteiger partial charge is 0.306 e. The minimum atomic E-state index is 0.353. The van der Waals surface area contributed by atoms with Crippen molar-refractivity contribution in [1.29, 1.82) is 0 Å². The Hall–Kier alpha value is -0.750. The van der Waals surface area contributed by atoms with Crippen LogP contribution in [0.25, 0.3) is 10.6 Å². The average Bonchev–Trinajstić information content (AvgIpc) is 2.89. The number of nitrogens with one attached hydrogen (secondary N) is 1. The molecule has 1 atom stereocenters. The molecule has 1 aliphatic rings. The molecule has 1 unspecified atom stereocenters. The van der Waals surface area contributed by atoms with E-state index >= 15 is 0 Å². The maximum Gasteiger partial charge on any atom is 0.124 e. The molecular formula is C14H16BrN3S. The highest BCUT2D eigenvalue weighted by molar-refractivity contribution is 9.10. The van der Waals surface area contributed by atoms with E-state index in [-0.39, 0.29) is 0 Å². The Kier molecular flexibility index (Phi) is 3.98. The molecule has 100 valence electrons. The monoisotopic (exact) mass is 337 g/mol. The highest BCUT2D eigenvalue weighted by Crippen LogP contribution is 2.32. The fourth-order valence-electron chi connectivity index (χ4n) is 2.30. The van der Waals surface area contributed by atoms with E-state index in [0.717, 1.165) is 34.8 Å². The van der Waals surface area contributed by atoms with Crippen LogP contribution in [0.1, 0.15) is 11.7 Å². The van der Waals surface area contributed by atoms with Crippen LogP contribution in [0, 0.1) is 0 Å². The Morgan fingerprint density at radius 1 is 1.42 bits per heavy atom. The molecule has 1 fully saturated rings. The fraction of sp³-hybridized carbons (Fsp3) is 0.357.